The Morgan fingerprint density at radius 1 is 0.250 bits per heavy atom. The Hall–Kier alpha value is -9.76. The molecule has 0 saturated carbocycles. The van der Waals surface area contributed by atoms with Crippen molar-refractivity contribution in [3.05, 3.63) is 322 Å². The van der Waals surface area contributed by atoms with E-state index in [-0.39, 0.29) is 10.8 Å². The normalized spacial score (nSPS) is 14.4. The summed E-state index contributed by atoms with van der Waals surface area (Å²) in [6.07, 6.45) is 0. The first-order chi connectivity index (χ1) is 40.9. The summed E-state index contributed by atoms with van der Waals surface area (Å²) in [7, 11) is 0. The van der Waals surface area contributed by atoms with Gasteiger partial charge in [0.15, 0.2) is 0 Å². The predicted molar refractivity (Wildman–Crippen MR) is 352 cm³/mol. The van der Waals surface area contributed by atoms with Crippen molar-refractivity contribution >= 4 is 34.1 Å². The van der Waals surface area contributed by atoms with Gasteiger partial charge in [0.1, 0.15) is 0 Å². The smallest absolute Gasteiger partial charge is 0.0726 e. The molecule has 2 nitrogen and oxygen atoms in total. The van der Waals surface area contributed by atoms with Gasteiger partial charge in [0.05, 0.1) is 16.8 Å². The summed E-state index contributed by atoms with van der Waals surface area (Å²) in [5.41, 5.74) is 35.9. The van der Waals surface area contributed by atoms with Crippen molar-refractivity contribution in [2.24, 2.45) is 0 Å². The first-order valence-corrected chi connectivity index (χ1v) is 29.8. The fourth-order valence-corrected chi connectivity index (χ4v) is 15.6. The van der Waals surface area contributed by atoms with Crippen molar-refractivity contribution < 1.29 is 0 Å². The molecule has 0 aliphatic heterocycles. The Labute approximate surface area is 494 Å². The topological polar surface area (TPSA) is 6.48 Å². The number of fused-ring (bicyclic) bond motifs is 16. The van der Waals surface area contributed by atoms with Gasteiger partial charge in [-0.15, -0.1) is 0 Å². The molecular formula is C82H64N2. The van der Waals surface area contributed by atoms with Gasteiger partial charge in [-0.2, -0.15) is 0 Å². The van der Waals surface area contributed by atoms with E-state index in [0.29, 0.717) is 0 Å². The zero-order valence-corrected chi connectivity index (χ0v) is 48.7. The molecule has 0 aromatic heterocycles. The maximum absolute atomic E-state index is 2.52. The number of rotatable bonds is 8. The van der Waals surface area contributed by atoms with Crippen LogP contribution in [0.2, 0.25) is 0 Å². The van der Waals surface area contributed by atoms with Crippen molar-refractivity contribution in [2.45, 2.75) is 64.7 Å². The lowest BCUT2D eigenvalue weighted by molar-refractivity contribution is 0.659. The molecule has 0 unspecified atom stereocenters. The third-order valence-corrected chi connectivity index (χ3v) is 19.5. The van der Waals surface area contributed by atoms with Gasteiger partial charge in [-0.05, 0) is 187 Å². The molecule has 2 heteroatoms. The van der Waals surface area contributed by atoms with Crippen molar-refractivity contribution in [2.75, 3.05) is 9.80 Å². The first-order valence-electron chi connectivity index (χ1n) is 29.8. The Balaban J connectivity index is 0.833. The van der Waals surface area contributed by atoms with E-state index in [4.69, 9.17) is 0 Å². The predicted octanol–water partition coefficient (Wildman–Crippen LogP) is 21.8. The molecule has 0 radical (unpaired) electrons. The highest BCUT2D eigenvalue weighted by Gasteiger charge is 2.52. The summed E-state index contributed by atoms with van der Waals surface area (Å²) >= 11 is 0. The quantitative estimate of drug-likeness (QED) is 0.150. The summed E-state index contributed by atoms with van der Waals surface area (Å²) in [6.45, 7) is 16.3. The summed E-state index contributed by atoms with van der Waals surface area (Å²) in [5, 5.41) is 0. The number of para-hydroxylation sites is 1. The Morgan fingerprint density at radius 3 is 1.20 bits per heavy atom. The number of anilines is 6. The molecule has 4 aliphatic carbocycles. The molecule has 4 aliphatic rings. The molecule has 0 heterocycles. The maximum Gasteiger partial charge on any atom is 0.0726 e. The lowest BCUT2D eigenvalue weighted by Gasteiger charge is -2.32. The van der Waals surface area contributed by atoms with E-state index in [1.54, 1.807) is 0 Å². The molecule has 16 rings (SSSR count). The van der Waals surface area contributed by atoms with Crippen LogP contribution >= 0.6 is 0 Å². The number of hydrogen-bond donors (Lipinski definition) is 0. The van der Waals surface area contributed by atoms with E-state index >= 15 is 0 Å². The minimum atomic E-state index is -0.465. The second-order valence-corrected chi connectivity index (χ2v) is 25.0. The zero-order chi connectivity index (χ0) is 56.8. The Bertz CT molecular complexity index is 4550. The number of hydrogen-bond acceptors (Lipinski definition) is 2. The van der Waals surface area contributed by atoms with E-state index in [1.807, 2.05) is 0 Å². The minimum absolute atomic E-state index is 0.148. The van der Waals surface area contributed by atoms with Gasteiger partial charge < -0.3 is 9.80 Å². The van der Waals surface area contributed by atoms with Gasteiger partial charge in [-0.25, -0.2) is 0 Å². The fraction of sp³-hybridized carbons (Fsp3) is 0.122. The molecule has 84 heavy (non-hydrogen) atoms. The zero-order valence-electron chi connectivity index (χ0n) is 48.7. The highest BCUT2D eigenvalue weighted by molar-refractivity contribution is 6.03. The molecule has 0 N–H and O–H groups in total. The van der Waals surface area contributed by atoms with Gasteiger partial charge in [0, 0.05) is 44.7 Å². The van der Waals surface area contributed by atoms with Crippen LogP contribution in [0.25, 0.3) is 66.8 Å². The van der Waals surface area contributed by atoms with Crippen LogP contribution in [0.3, 0.4) is 0 Å². The Kier molecular flexibility index (Phi) is 10.9. The lowest BCUT2D eigenvalue weighted by atomic mass is 9.70. The van der Waals surface area contributed by atoms with Gasteiger partial charge in [-0.1, -0.05) is 239 Å². The van der Waals surface area contributed by atoms with Crippen molar-refractivity contribution in [1.82, 2.24) is 0 Å². The van der Waals surface area contributed by atoms with Gasteiger partial charge in [-0.3, -0.25) is 0 Å². The van der Waals surface area contributed by atoms with E-state index in [2.05, 4.69) is 319 Å². The van der Waals surface area contributed by atoms with E-state index < -0.39 is 5.41 Å². The van der Waals surface area contributed by atoms with E-state index in [1.165, 1.54) is 128 Å². The van der Waals surface area contributed by atoms with Crippen molar-refractivity contribution in [3.63, 3.8) is 0 Å². The molecule has 1 spiro atoms. The summed E-state index contributed by atoms with van der Waals surface area (Å²) in [6, 6.07) is 98.9. The monoisotopic (exact) mass is 1080 g/mol. The molecule has 0 atom stereocenters. The first kappa shape index (κ1) is 50.0. The van der Waals surface area contributed by atoms with Gasteiger partial charge in [0.25, 0.3) is 0 Å². The minimum Gasteiger partial charge on any atom is -0.310 e. The standard InChI is InChI=1S/C82H64N2/c1-51-32-41-64-66-44-39-58(49-75(66)80(4,5)73(64)46-51)83(59-40-45-67-65-42-33-52(2)47-74(65)81(6,7)76(67)50-59)57-38-43-60(53(3)48-57)55-34-36-56(37-35-55)84(77-30-18-14-22-61(77)54-20-9-8-10-21-54)78-31-19-29-72-79(78)68-25-13-17-28-71(68)82(72)69-26-15-11-23-62(69)63-24-12-16-27-70(63)82/h8-50H,1-7H3. The van der Waals surface area contributed by atoms with Crippen LogP contribution in [0.15, 0.2) is 261 Å². The third kappa shape index (κ3) is 7.10. The number of aryl methyl sites for hydroxylation is 3. The molecule has 0 bridgehead atoms. The maximum atomic E-state index is 2.52. The second-order valence-electron chi connectivity index (χ2n) is 25.0. The van der Waals surface area contributed by atoms with Crippen molar-refractivity contribution in [3.8, 4) is 66.8 Å². The average molecular weight is 1080 g/mol. The van der Waals surface area contributed by atoms with Crippen LogP contribution in [0, 0.1) is 20.8 Å². The summed E-state index contributed by atoms with van der Waals surface area (Å²) in [4.78, 5) is 5.02. The lowest BCUT2D eigenvalue weighted by Crippen LogP contribution is -2.26. The molecule has 0 fully saturated rings. The number of nitrogens with zero attached hydrogens (tertiary/aromatic N) is 2. The summed E-state index contributed by atoms with van der Waals surface area (Å²) < 4.78 is 0. The van der Waals surface area contributed by atoms with Crippen LogP contribution in [-0.2, 0) is 16.2 Å². The van der Waals surface area contributed by atoms with Crippen LogP contribution in [0.1, 0.15) is 88.9 Å². The largest absolute Gasteiger partial charge is 0.310 e. The molecule has 0 amide bonds. The molecule has 12 aromatic carbocycles. The highest BCUT2D eigenvalue weighted by atomic mass is 15.2. The third-order valence-electron chi connectivity index (χ3n) is 19.5. The fourth-order valence-electron chi connectivity index (χ4n) is 15.6. The highest BCUT2D eigenvalue weighted by Crippen LogP contribution is 2.65. The van der Waals surface area contributed by atoms with Crippen LogP contribution in [0.4, 0.5) is 34.1 Å². The van der Waals surface area contributed by atoms with Gasteiger partial charge >= 0.3 is 0 Å². The Morgan fingerprint density at radius 2 is 0.643 bits per heavy atom. The van der Waals surface area contributed by atoms with E-state index in [9.17, 15) is 0 Å². The molecule has 402 valence electrons. The van der Waals surface area contributed by atoms with Gasteiger partial charge in [0.2, 0.25) is 0 Å². The average Bonchev–Trinajstić information content (AvgIpc) is 1.52. The van der Waals surface area contributed by atoms with Crippen molar-refractivity contribution in [1.29, 1.82) is 0 Å². The van der Waals surface area contributed by atoms with Crippen LogP contribution < -0.4 is 9.80 Å². The SMILES string of the molecule is Cc1ccc2c(c1)C(C)(C)c1cc(N(c3ccc(-c4ccc(N(c5ccccc5-c5ccccc5)c5cccc6c5-c5ccccc5C65c6ccccc6-c6ccccc65)cc4)c(C)c3)c3ccc4c(c3)C(C)(C)c3cc(C)ccc3-4)ccc1-2. The molecular weight excluding hydrogens is 1010 g/mol. The molecule has 12 aromatic rings. The summed E-state index contributed by atoms with van der Waals surface area (Å²) in [5.74, 6) is 0. The van der Waals surface area contributed by atoms with Crippen LogP contribution in [-0.4, -0.2) is 0 Å². The number of benzene rings is 12. The molecule has 0 saturated heterocycles. The van der Waals surface area contributed by atoms with Crippen LogP contribution in [0.5, 0.6) is 0 Å². The van der Waals surface area contributed by atoms with E-state index in [0.717, 1.165) is 34.1 Å². The second kappa shape index (κ2) is 18.4.